The number of hydrogen-bond acceptors (Lipinski definition) is 15. The molecule has 74 heavy (non-hydrogen) atoms. The van der Waals surface area contributed by atoms with Crippen LogP contribution in [0.4, 0.5) is 0 Å². The lowest BCUT2D eigenvalue weighted by atomic mass is 10.0. The van der Waals surface area contributed by atoms with E-state index >= 15 is 0 Å². The zero-order valence-corrected chi connectivity index (χ0v) is 41.9. The van der Waals surface area contributed by atoms with Gasteiger partial charge in [-0.25, -0.2) is 0 Å². The summed E-state index contributed by atoms with van der Waals surface area (Å²) in [6, 6.07) is 4.21. The normalized spacial score (nSPS) is 21.7. The highest BCUT2D eigenvalue weighted by molar-refractivity contribution is 8.76. The molecule has 0 aliphatic carbocycles. The van der Waals surface area contributed by atoms with Crippen LogP contribution in [-0.2, 0) is 65.6 Å². The zero-order valence-electron chi connectivity index (χ0n) is 40.2. The van der Waals surface area contributed by atoms with Gasteiger partial charge < -0.3 is 75.3 Å². The molecule has 2 aliphatic rings. The van der Waals surface area contributed by atoms with Gasteiger partial charge in [0.2, 0.25) is 59.1 Å². The first-order valence-electron chi connectivity index (χ1n) is 23.5. The summed E-state index contributed by atoms with van der Waals surface area (Å²) in [6.45, 7) is -0.422. The number of hydrogen-bond donors (Lipinski definition) is 13. The lowest BCUT2D eigenvalue weighted by Crippen LogP contribution is -2.61. The topological polar surface area (TPSA) is 432 Å². The Labute approximate surface area is 433 Å². The molecule has 0 bridgehead atoms. The molecule has 28 heteroatoms. The zero-order chi connectivity index (χ0) is 54.3. The number of phenolic OH excluding ortho intramolecular Hbond substituents is 1. The van der Waals surface area contributed by atoms with Crippen molar-refractivity contribution in [1.82, 2.24) is 42.1 Å². The van der Waals surface area contributed by atoms with Gasteiger partial charge in [0.05, 0.1) is 13.0 Å². The van der Waals surface area contributed by atoms with Crippen molar-refractivity contribution in [3.8, 4) is 5.75 Å². The fraction of sp³-hybridized carbons (Fsp3) is 0.478. The highest BCUT2D eigenvalue weighted by Gasteiger charge is 2.40. The van der Waals surface area contributed by atoms with E-state index in [0.29, 0.717) is 17.5 Å². The molecular weight excluding hydrogens is 1010 g/mol. The number of primary amides is 2. The summed E-state index contributed by atoms with van der Waals surface area (Å²) in [5.41, 5.74) is 22.6. The SMILES string of the molecule is NC(=O)CNC(=O)[C@H](CCCN=C(N)N)NC(=O)[C@@H]1CCCN1C(=O)[C@@H]1CSSCCC(=O)N[C@@H](Cc2ccc(O)cc2)C(=O)N[C@@H](Cc2ccccc2)C(=O)N[C@@H](CCC(=O)O)C(=O)N[C@@H](CC(N)=O)C(=O)N1. The van der Waals surface area contributed by atoms with Crippen LogP contribution in [0, 0.1) is 0 Å². The Bertz CT molecular complexity index is 2380. The van der Waals surface area contributed by atoms with E-state index in [1.165, 1.54) is 17.0 Å². The summed E-state index contributed by atoms with van der Waals surface area (Å²) in [6.07, 6.45) is -1.79. The van der Waals surface area contributed by atoms with Gasteiger partial charge in [0.25, 0.3) is 0 Å². The molecule has 2 heterocycles. The monoisotopic (exact) mass is 1070 g/mol. The smallest absolute Gasteiger partial charge is 0.303 e. The van der Waals surface area contributed by atoms with Gasteiger partial charge >= 0.3 is 5.97 Å². The molecule has 26 nitrogen and oxygen atoms in total. The van der Waals surface area contributed by atoms with Gasteiger partial charge in [0.1, 0.15) is 48.0 Å². The number of benzene rings is 2. The van der Waals surface area contributed by atoms with Crippen molar-refractivity contribution in [2.75, 3.05) is 31.1 Å². The molecule has 17 N–H and O–H groups in total. The van der Waals surface area contributed by atoms with Crippen molar-refractivity contribution in [3.05, 3.63) is 65.7 Å². The predicted molar refractivity (Wildman–Crippen MR) is 271 cm³/mol. The van der Waals surface area contributed by atoms with Crippen LogP contribution in [0.3, 0.4) is 0 Å². The second kappa shape index (κ2) is 29.8. The summed E-state index contributed by atoms with van der Waals surface area (Å²) in [5, 5.41) is 37.2. The van der Waals surface area contributed by atoms with Gasteiger partial charge in [0.15, 0.2) is 5.96 Å². The number of phenols is 1. The number of carboxylic acid groups (broad SMARTS) is 1. The van der Waals surface area contributed by atoms with E-state index in [9.17, 15) is 63.0 Å². The highest BCUT2D eigenvalue weighted by atomic mass is 33.1. The van der Waals surface area contributed by atoms with E-state index < -0.39 is 133 Å². The molecule has 2 aliphatic heterocycles. The van der Waals surface area contributed by atoms with Gasteiger partial charge in [0, 0.05) is 50.3 Å². The Kier molecular flexibility index (Phi) is 23.7. The minimum Gasteiger partial charge on any atom is -0.508 e. The largest absolute Gasteiger partial charge is 0.508 e. The Hall–Kier alpha value is -7.62. The fourth-order valence-corrected chi connectivity index (χ4v) is 9.91. The Morgan fingerprint density at radius 2 is 1.36 bits per heavy atom. The van der Waals surface area contributed by atoms with Crippen LogP contribution in [0.5, 0.6) is 5.75 Å². The summed E-state index contributed by atoms with van der Waals surface area (Å²) in [4.78, 5) is 152. The summed E-state index contributed by atoms with van der Waals surface area (Å²) in [5.74, 6) is -10.5. The number of likely N-dealkylation sites (tertiary alicyclic amines) is 1. The number of amides is 10. The average molecular weight is 1070 g/mol. The molecule has 2 aromatic rings. The van der Waals surface area contributed by atoms with Crippen molar-refractivity contribution < 1.29 is 63.0 Å². The number of nitrogens with two attached hydrogens (primary N) is 4. The van der Waals surface area contributed by atoms with Crippen molar-refractivity contribution in [1.29, 1.82) is 0 Å². The quantitative estimate of drug-likeness (QED) is 0.0278. The van der Waals surface area contributed by atoms with Gasteiger partial charge in [-0.1, -0.05) is 64.1 Å². The number of aliphatic carboxylic acids is 1. The van der Waals surface area contributed by atoms with Gasteiger partial charge in [-0.2, -0.15) is 0 Å². The van der Waals surface area contributed by atoms with Crippen LogP contribution in [0.25, 0.3) is 0 Å². The number of carbonyl (C=O) groups is 11. The molecule has 0 saturated carbocycles. The molecule has 402 valence electrons. The third-order valence-electron chi connectivity index (χ3n) is 11.5. The van der Waals surface area contributed by atoms with E-state index in [0.717, 1.165) is 21.6 Å². The Balaban J connectivity index is 1.68. The second-order valence-corrected chi connectivity index (χ2v) is 19.9. The van der Waals surface area contributed by atoms with E-state index in [-0.39, 0.29) is 74.8 Å². The Morgan fingerprint density at radius 1 is 0.757 bits per heavy atom. The minimum absolute atomic E-state index is 0.00665. The van der Waals surface area contributed by atoms with Crippen LogP contribution in [0.1, 0.15) is 62.5 Å². The average Bonchev–Trinajstić information content (AvgIpc) is 3.85. The number of guanidine groups is 1. The van der Waals surface area contributed by atoms with Crippen molar-refractivity contribution in [2.45, 2.75) is 107 Å². The summed E-state index contributed by atoms with van der Waals surface area (Å²) >= 11 is 0. The lowest BCUT2D eigenvalue weighted by molar-refractivity contribution is -0.142. The molecule has 2 saturated heterocycles. The molecule has 0 aromatic heterocycles. The van der Waals surface area contributed by atoms with E-state index in [2.05, 4.69) is 42.2 Å². The maximum Gasteiger partial charge on any atom is 0.303 e. The molecule has 0 spiro atoms. The first-order chi connectivity index (χ1) is 35.2. The summed E-state index contributed by atoms with van der Waals surface area (Å²) in [7, 11) is 2.17. The summed E-state index contributed by atoms with van der Waals surface area (Å²) < 4.78 is 0. The molecule has 4 rings (SSSR count). The van der Waals surface area contributed by atoms with Gasteiger partial charge in [-0.3, -0.25) is 57.7 Å². The highest BCUT2D eigenvalue weighted by Crippen LogP contribution is 2.26. The van der Waals surface area contributed by atoms with Crippen molar-refractivity contribution in [2.24, 2.45) is 27.9 Å². The molecule has 0 unspecified atom stereocenters. The third-order valence-corrected chi connectivity index (χ3v) is 13.9. The molecule has 2 aromatic carbocycles. The standard InChI is InChI=1S/C46H63N13O13S2/c47-35(61)22-32-43(70)58-33(45(72)59-18-5-9-34(59)44(71)55-28(8-4-17-51-46(49)50)39(66)52-23-36(48)62)24-74-73-19-16-37(63)53-30(21-26-10-12-27(60)13-11-26)41(68)56-31(20-25-6-2-1-3-7-25)42(69)54-29(40(67)57-32)14-15-38(64)65/h1-3,6-7,10-13,28-34,60H,4-5,8-9,14-24H2,(H2,47,61)(H2,48,62)(H,52,66)(H,53,63)(H,54,69)(H,55,71)(H,56,68)(H,57,67)(H,58,70)(H,64,65)(H4,49,50,51)/t28-,29-,30-,31-,32-,33-,34-/m0/s1. The van der Waals surface area contributed by atoms with Crippen LogP contribution in [-0.4, -0.2) is 160 Å². The molecule has 2 fully saturated rings. The van der Waals surface area contributed by atoms with E-state index in [1.54, 1.807) is 42.5 Å². The van der Waals surface area contributed by atoms with E-state index in [1.807, 2.05) is 0 Å². The predicted octanol–water partition coefficient (Wildman–Crippen LogP) is -3.74. The molecule has 10 amide bonds. The first kappa shape index (κ1) is 58.9. The number of rotatable bonds is 19. The number of nitrogens with zero attached hydrogens (tertiary/aromatic N) is 2. The molecular formula is C46H63N13O13S2. The van der Waals surface area contributed by atoms with Gasteiger partial charge in [-0.05, 0) is 55.4 Å². The van der Waals surface area contributed by atoms with Gasteiger partial charge in [-0.15, -0.1) is 0 Å². The maximum absolute atomic E-state index is 14.5. The molecule has 7 atom stereocenters. The molecule has 0 radical (unpaired) electrons. The maximum atomic E-state index is 14.5. The number of carboxylic acids is 1. The van der Waals surface area contributed by atoms with Crippen LogP contribution < -0.4 is 60.2 Å². The van der Waals surface area contributed by atoms with Crippen LogP contribution in [0.2, 0.25) is 0 Å². The van der Waals surface area contributed by atoms with Crippen LogP contribution in [0.15, 0.2) is 59.6 Å². The minimum atomic E-state index is -1.80. The number of carbonyl (C=O) groups excluding carboxylic acids is 10. The second-order valence-electron chi connectivity index (χ2n) is 17.3. The number of nitrogens with one attached hydrogen (secondary N) is 7. The Morgan fingerprint density at radius 3 is 2.00 bits per heavy atom. The lowest BCUT2D eigenvalue weighted by Gasteiger charge is -2.31. The van der Waals surface area contributed by atoms with Crippen molar-refractivity contribution >= 4 is 92.6 Å². The third kappa shape index (κ3) is 20.1. The first-order valence-corrected chi connectivity index (χ1v) is 26.0. The van der Waals surface area contributed by atoms with E-state index in [4.69, 9.17) is 22.9 Å². The number of aliphatic imine (C=N–C) groups is 1. The van der Waals surface area contributed by atoms with Crippen LogP contribution >= 0.6 is 21.6 Å². The number of aromatic hydroxyl groups is 1. The van der Waals surface area contributed by atoms with Crippen molar-refractivity contribution in [3.63, 3.8) is 0 Å². The fourth-order valence-electron chi connectivity index (χ4n) is 7.76.